The lowest BCUT2D eigenvalue weighted by Gasteiger charge is -2.15. The number of rotatable bonds is 4. The molecular weight excluding hydrogens is 302 g/mol. The average Bonchev–Trinajstić information content (AvgIpc) is 2.95. The van der Waals surface area contributed by atoms with Gasteiger partial charge in [-0.3, -0.25) is 9.89 Å². The Bertz CT molecular complexity index is 973. The Hall–Kier alpha value is -2.91. The van der Waals surface area contributed by atoms with E-state index in [0.717, 1.165) is 0 Å². The van der Waals surface area contributed by atoms with Crippen molar-refractivity contribution in [1.29, 1.82) is 5.26 Å². The number of nitrogens with zero attached hydrogens (tertiary/aromatic N) is 3. The van der Waals surface area contributed by atoms with Crippen molar-refractivity contribution in [2.75, 3.05) is 0 Å². The quantitative estimate of drug-likeness (QED) is 0.772. The number of aromatic amines is 1. The molecule has 0 aliphatic heterocycles. The van der Waals surface area contributed by atoms with Crippen LogP contribution in [0.2, 0.25) is 0 Å². The molecule has 0 saturated heterocycles. The lowest BCUT2D eigenvalue weighted by atomic mass is 10.0. The van der Waals surface area contributed by atoms with Crippen LogP contribution < -0.4 is 10.9 Å². The minimum atomic E-state index is -0.225. The zero-order valence-electron chi connectivity index (χ0n) is 13.9. The van der Waals surface area contributed by atoms with Gasteiger partial charge in [0.25, 0.3) is 5.56 Å². The smallest absolute Gasteiger partial charge is 0.272 e. The van der Waals surface area contributed by atoms with Crippen LogP contribution in [0.5, 0.6) is 0 Å². The van der Waals surface area contributed by atoms with E-state index >= 15 is 0 Å². The molecule has 6 nitrogen and oxygen atoms in total. The number of benzene rings is 1. The van der Waals surface area contributed by atoms with Gasteiger partial charge in [-0.05, 0) is 26.3 Å². The summed E-state index contributed by atoms with van der Waals surface area (Å²) in [4.78, 5) is 16.5. The molecule has 122 valence electrons. The molecule has 3 aromatic rings. The summed E-state index contributed by atoms with van der Waals surface area (Å²) >= 11 is 0. The molecule has 6 heteroatoms. The SMILES string of the molecule is Cc1cc(C)cc(C(C)NCc2cc(=O)n3[nH]cc(C#N)c3n2)c1. The number of aromatic nitrogens is 3. The molecule has 2 heterocycles. The molecule has 0 amide bonds. The van der Waals surface area contributed by atoms with E-state index in [4.69, 9.17) is 5.26 Å². The number of nitrogens with one attached hydrogen (secondary N) is 2. The number of fused-ring (bicyclic) bond motifs is 1. The largest absolute Gasteiger partial charge is 0.305 e. The molecule has 0 saturated carbocycles. The molecule has 3 rings (SSSR count). The fraction of sp³-hybridized carbons (Fsp3) is 0.278. The van der Waals surface area contributed by atoms with E-state index in [0.29, 0.717) is 23.4 Å². The monoisotopic (exact) mass is 321 g/mol. The molecule has 1 unspecified atom stereocenters. The Labute approximate surface area is 139 Å². The zero-order valence-corrected chi connectivity index (χ0v) is 13.9. The van der Waals surface area contributed by atoms with Crippen molar-refractivity contribution < 1.29 is 0 Å². The van der Waals surface area contributed by atoms with Crippen LogP contribution in [0, 0.1) is 25.2 Å². The van der Waals surface area contributed by atoms with Gasteiger partial charge in [-0.15, -0.1) is 0 Å². The van der Waals surface area contributed by atoms with Gasteiger partial charge in [0.1, 0.15) is 11.6 Å². The minimum absolute atomic E-state index is 0.130. The maximum atomic E-state index is 12.1. The fourth-order valence-electron chi connectivity index (χ4n) is 2.84. The highest BCUT2D eigenvalue weighted by atomic mass is 16.1. The van der Waals surface area contributed by atoms with Gasteiger partial charge in [0, 0.05) is 24.8 Å². The Morgan fingerprint density at radius 1 is 1.29 bits per heavy atom. The second-order valence-corrected chi connectivity index (χ2v) is 6.07. The highest BCUT2D eigenvalue weighted by Gasteiger charge is 2.10. The molecule has 0 bridgehead atoms. The number of aryl methyl sites for hydroxylation is 2. The molecule has 2 N–H and O–H groups in total. The molecule has 2 aromatic heterocycles. The van der Waals surface area contributed by atoms with Gasteiger partial charge in [-0.2, -0.15) is 5.26 Å². The first kappa shape index (κ1) is 16.0. The van der Waals surface area contributed by atoms with E-state index in [1.807, 2.05) is 6.07 Å². The maximum Gasteiger partial charge on any atom is 0.272 e. The third kappa shape index (κ3) is 3.07. The first-order valence-electron chi connectivity index (χ1n) is 7.79. The van der Waals surface area contributed by atoms with E-state index in [1.54, 1.807) is 0 Å². The van der Waals surface area contributed by atoms with E-state index in [2.05, 4.69) is 54.4 Å². The van der Waals surface area contributed by atoms with Gasteiger partial charge in [0.15, 0.2) is 5.65 Å². The lowest BCUT2D eigenvalue weighted by molar-refractivity contribution is 0.566. The number of nitriles is 1. The van der Waals surface area contributed by atoms with Crippen molar-refractivity contribution in [2.24, 2.45) is 0 Å². The second-order valence-electron chi connectivity index (χ2n) is 6.07. The first-order chi connectivity index (χ1) is 11.5. The summed E-state index contributed by atoms with van der Waals surface area (Å²) in [5.74, 6) is 0. The second kappa shape index (κ2) is 6.30. The molecule has 0 aliphatic rings. The van der Waals surface area contributed by atoms with Crippen LogP contribution in [-0.2, 0) is 6.54 Å². The summed E-state index contributed by atoms with van der Waals surface area (Å²) in [5, 5.41) is 15.2. The van der Waals surface area contributed by atoms with Gasteiger partial charge >= 0.3 is 0 Å². The fourth-order valence-corrected chi connectivity index (χ4v) is 2.84. The Morgan fingerprint density at radius 2 is 2.00 bits per heavy atom. The molecule has 24 heavy (non-hydrogen) atoms. The van der Waals surface area contributed by atoms with Crippen LogP contribution in [0.1, 0.15) is 40.9 Å². The van der Waals surface area contributed by atoms with Crippen molar-refractivity contribution >= 4 is 5.65 Å². The van der Waals surface area contributed by atoms with E-state index < -0.39 is 0 Å². The van der Waals surface area contributed by atoms with Crippen LogP contribution in [0.3, 0.4) is 0 Å². The minimum Gasteiger partial charge on any atom is -0.305 e. The topological polar surface area (TPSA) is 86.0 Å². The van der Waals surface area contributed by atoms with Crippen molar-refractivity contribution in [3.8, 4) is 6.07 Å². The Morgan fingerprint density at radius 3 is 2.67 bits per heavy atom. The highest BCUT2D eigenvalue weighted by molar-refractivity contribution is 5.53. The maximum absolute atomic E-state index is 12.1. The van der Waals surface area contributed by atoms with Crippen molar-refractivity contribution in [1.82, 2.24) is 19.9 Å². The van der Waals surface area contributed by atoms with E-state index in [-0.39, 0.29) is 11.6 Å². The molecule has 0 spiro atoms. The zero-order chi connectivity index (χ0) is 17.3. The highest BCUT2D eigenvalue weighted by Crippen LogP contribution is 2.17. The predicted octanol–water partition coefficient (Wildman–Crippen LogP) is 2.36. The van der Waals surface area contributed by atoms with Crippen LogP contribution in [0.25, 0.3) is 5.65 Å². The predicted molar refractivity (Wildman–Crippen MR) is 91.7 cm³/mol. The first-order valence-corrected chi connectivity index (χ1v) is 7.79. The lowest BCUT2D eigenvalue weighted by Crippen LogP contribution is -2.22. The van der Waals surface area contributed by atoms with Crippen LogP contribution >= 0.6 is 0 Å². The van der Waals surface area contributed by atoms with Crippen molar-refractivity contribution in [3.05, 3.63) is 68.8 Å². The molecule has 0 radical (unpaired) electrons. The van der Waals surface area contributed by atoms with Crippen LogP contribution in [0.4, 0.5) is 0 Å². The van der Waals surface area contributed by atoms with Gasteiger partial charge < -0.3 is 5.32 Å². The summed E-state index contributed by atoms with van der Waals surface area (Å²) in [6.07, 6.45) is 1.49. The van der Waals surface area contributed by atoms with Crippen LogP contribution in [0.15, 0.2) is 35.3 Å². The molecule has 0 fully saturated rings. The number of hydrogen-bond acceptors (Lipinski definition) is 4. The normalized spacial score (nSPS) is 12.2. The molecule has 1 aromatic carbocycles. The molecule has 0 aliphatic carbocycles. The Balaban J connectivity index is 1.82. The summed E-state index contributed by atoms with van der Waals surface area (Å²) in [6, 6.07) is 10.1. The number of hydrogen-bond donors (Lipinski definition) is 2. The third-order valence-electron chi connectivity index (χ3n) is 4.00. The van der Waals surface area contributed by atoms with E-state index in [9.17, 15) is 4.79 Å². The van der Waals surface area contributed by atoms with Crippen LogP contribution in [-0.4, -0.2) is 14.6 Å². The molecule has 1 atom stereocenters. The Kier molecular flexibility index (Phi) is 4.19. The summed E-state index contributed by atoms with van der Waals surface area (Å²) in [5.41, 5.74) is 4.76. The van der Waals surface area contributed by atoms with E-state index in [1.165, 1.54) is 33.5 Å². The summed E-state index contributed by atoms with van der Waals surface area (Å²) < 4.78 is 1.27. The van der Waals surface area contributed by atoms with Gasteiger partial charge in [-0.25, -0.2) is 9.50 Å². The van der Waals surface area contributed by atoms with Crippen molar-refractivity contribution in [3.63, 3.8) is 0 Å². The summed E-state index contributed by atoms with van der Waals surface area (Å²) in [6.45, 7) is 6.69. The number of H-pyrrole nitrogens is 1. The third-order valence-corrected chi connectivity index (χ3v) is 4.00. The van der Waals surface area contributed by atoms with Gasteiger partial charge in [-0.1, -0.05) is 29.3 Å². The average molecular weight is 321 g/mol. The standard InChI is InChI=1S/C18H19N5O/c1-11-4-12(2)6-14(5-11)13(3)20-10-16-7-17(24)23-18(22-16)15(8-19)9-21-23/h4-7,9,13,20-21H,10H2,1-3H3. The van der Waals surface area contributed by atoms with Gasteiger partial charge in [0.05, 0.1) is 5.69 Å². The van der Waals surface area contributed by atoms with Gasteiger partial charge in [0.2, 0.25) is 0 Å². The summed E-state index contributed by atoms with van der Waals surface area (Å²) in [7, 11) is 0. The molecular formula is C18H19N5O. The van der Waals surface area contributed by atoms with Crippen molar-refractivity contribution in [2.45, 2.75) is 33.4 Å².